The normalized spacial score (nSPS) is 14.8. The van der Waals surface area contributed by atoms with Crippen molar-refractivity contribution in [3.05, 3.63) is 83.4 Å². The number of carbonyl (C=O) groups is 2. The quantitative estimate of drug-likeness (QED) is 0.422. The summed E-state index contributed by atoms with van der Waals surface area (Å²) in [6, 6.07) is 21.1. The lowest BCUT2D eigenvalue weighted by Gasteiger charge is -2.36. The first-order valence-corrected chi connectivity index (χ1v) is 11.9. The molecule has 1 aliphatic heterocycles. The number of hydrogen-bond acceptors (Lipinski definition) is 7. The third-order valence-corrected chi connectivity index (χ3v) is 6.90. The number of piperazine rings is 1. The number of benzene rings is 3. The van der Waals surface area contributed by atoms with Crippen LogP contribution in [-0.2, 0) is 9.47 Å². The maximum absolute atomic E-state index is 12.9. The molecule has 3 aromatic carbocycles. The molecule has 9 heteroatoms. The molecule has 0 spiro atoms. The van der Waals surface area contributed by atoms with Crippen LogP contribution in [-0.4, -0.2) is 74.0 Å². The van der Waals surface area contributed by atoms with E-state index in [4.69, 9.17) is 9.47 Å². The monoisotopic (exact) mass is 486 g/mol. The topological polar surface area (TPSA) is 99.5 Å². The van der Waals surface area contributed by atoms with Crippen LogP contribution < -0.4 is 10.4 Å². The Labute approximate surface area is 209 Å². The fraction of sp³-hybridized carbons (Fsp3) is 0.259. The maximum Gasteiger partial charge on any atom is 0.488 e. The smallest absolute Gasteiger partial charge is 0.465 e. The van der Waals surface area contributed by atoms with Crippen LogP contribution in [0.25, 0.3) is 11.1 Å². The van der Waals surface area contributed by atoms with Crippen molar-refractivity contribution < 1.29 is 29.1 Å². The largest absolute Gasteiger partial charge is 0.488 e. The second kappa shape index (κ2) is 10.0. The summed E-state index contributed by atoms with van der Waals surface area (Å²) < 4.78 is 10.6. The summed E-state index contributed by atoms with van der Waals surface area (Å²) in [5, 5.41) is 19.3. The standard InChI is InChI=1S/C27H27BN2O6/c1-35-26(31)18-14-19(28(33)34)16-20(15-18)29-10-12-30(13-11-29)27(32)36-17-25-23-8-4-2-6-21(23)22-7-3-5-9-24(22)25/h2-9,14-16,25,33-34H,10-13,17H2,1H3. The fourth-order valence-corrected chi connectivity index (χ4v) is 5.03. The molecule has 1 saturated heterocycles. The molecule has 0 radical (unpaired) electrons. The lowest BCUT2D eigenvalue weighted by atomic mass is 9.79. The van der Waals surface area contributed by atoms with Crippen molar-refractivity contribution in [1.82, 2.24) is 4.90 Å². The lowest BCUT2D eigenvalue weighted by Crippen LogP contribution is -2.49. The highest BCUT2D eigenvalue weighted by Gasteiger charge is 2.30. The predicted octanol–water partition coefficient (Wildman–Crippen LogP) is 2.22. The Balaban J connectivity index is 1.23. The average Bonchev–Trinajstić information content (AvgIpc) is 3.24. The molecular formula is C27H27BN2O6. The minimum Gasteiger partial charge on any atom is -0.465 e. The summed E-state index contributed by atoms with van der Waals surface area (Å²) in [4.78, 5) is 28.6. The van der Waals surface area contributed by atoms with E-state index in [-0.39, 0.29) is 29.6 Å². The van der Waals surface area contributed by atoms with Crippen molar-refractivity contribution in [2.24, 2.45) is 0 Å². The molecule has 1 amide bonds. The summed E-state index contributed by atoms with van der Waals surface area (Å²) in [6.45, 7) is 2.17. The Kier molecular flexibility index (Phi) is 6.67. The third-order valence-electron chi connectivity index (χ3n) is 6.90. The molecule has 1 aliphatic carbocycles. The fourth-order valence-electron chi connectivity index (χ4n) is 5.03. The number of esters is 1. The number of amides is 1. The Morgan fingerprint density at radius 3 is 2.11 bits per heavy atom. The Morgan fingerprint density at radius 2 is 1.53 bits per heavy atom. The van der Waals surface area contributed by atoms with Crippen molar-refractivity contribution in [2.75, 3.05) is 44.8 Å². The molecule has 3 aromatic rings. The molecule has 0 unspecified atom stereocenters. The minimum absolute atomic E-state index is 0.00651. The van der Waals surface area contributed by atoms with Gasteiger partial charge in [-0.1, -0.05) is 48.5 Å². The van der Waals surface area contributed by atoms with E-state index in [9.17, 15) is 19.6 Å². The molecule has 8 nitrogen and oxygen atoms in total. The number of rotatable bonds is 5. The van der Waals surface area contributed by atoms with Crippen LogP contribution in [0.15, 0.2) is 66.7 Å². The molecule has 0 bridgehead atoms. The number of fused-ring (bicyclic) bond motifs is 3. The number of ether oxygens (including phenoxy) is 2. The molecule has 0 aromatic heterocycles. The van der Waals surface area contributed by atoms with Gasteiger partial charge >= 0.3 is 19.2 Å². The van der Waals surface area contributed by atoms with Gasteiger partial charge in [0.2, 0.25) is 0 Å². The Morgan fingerprint density at radius 1 is 0.917 bits per heavy atom. The van der Waals surface area contributed by atoms with Gasteiger partial charge < -0.3 is 29.3 Å². The average molecular weight is 486 g/mol. The lowest BCUT2D eigenvalue weighted by molar-refractivity contribution is 0.0601. The van der Waals surface area contributed by atoms with E-state index in [1.165, 1.54) is 35.4 Å². The van der Waals surface area contributed by atoms with Crippen LogP contribution in [0, 0.1) is 0 Å². The molecular weight excluding hydrogens is 459 g/mol. The number of carbonyl (C=O) groups excluding carboxylic acids is 2. The number of anilines is 1. The zero-order valence-corrected chi connectivity index (χ0v) is 20.0. The highest BCUT2D eigenvalue weighted by Crippen LogP contribution is 2.44. The van der Waals surface area contributed by atoms with Gasteiger partial charge in [-0.15, -0.1) is 0 Å². The highest BCUT2D eigenvalue weighted by molar-refractivity contribution is 6.58. The van der Waals surface area contributed by atoms with E-state index < -0.39 is 13.1 Å². The zero-order chi connectivity index (χ0) is 25.2. The van der Waals surface area contributed by atoms with Gasteiger partial charge in [-0.2, -0.15) is 0 Å². The molecule has 2 aliphatic rings. The summed E-state index contributed by atoms with van der Waals surface area (Å²) in [7, 11) is -0.438. The molecule has 2 N–H and O–H groups in total. The van der Waals surface area contributed by atoms with E-state index in [0.717, 1.165) is 0 Å². The number of hydrogen-bond donors (Lipinski definition) is 2. The van der Waals surface area contributed by atoms with E-state index in [1.54, 1.807) is 17.0 Å². The predicted molar refractivity (Wildman–Crippen MR) is 136 cm³/mol. The summed E-state index contributed by atoms with van der Waals surface area (Å²) >= 11 is 0. The van der Waals surface area contributed by atoms with Crippen molar-refractivity contribution >= 4 is 30.3 Å². The molecule has 36 heavy (non-hydrogen) atoms. The summed E-state index contributed by atoms with van der Waals surface area (Å²) in [5.74, 6) is -0.553. The molecule has 184 valence electrons. The first kappa shape index (κ1) is 23.9. The number of nitrogens with zero attached hydrogens (tertiary/aromatic N) is 2. The van der Waals surface area contributed by atoms with Crippen molar-refractivity contribution in [3.8, 4) is 11.1 Å². The van der Waals surface area contributed by atoms with Crippen LogP contribution in [0.3, 0.4) is 0 Å². The van der Waals surface area contributed by atoms with Crippen molar-refractivity contribution in [1.29, 1.82) is 0 Å². The molecule has 1 heterocycles. The van der Waals surface area contributed by atoms with E-state index >= 15 is 0 Å². The molecule has 0 atom stereocenters. The molecule has 1 fully saturated rings. The minimum atomic E-state index is -1.71. The summed E-state index contributed by atoms with van der Waals surface area (Å²) in [5.41, 5.74) is 5.80. The molecule has 5 rings (SSSR count). The Bertz CT molecular complexity index is 1240. The SMILES string of the molecule is COC(=O)c1cc(B(O)O)cc(N2CCN(C(=O)OCC3c4ccccc4-c4ccccc43)CC2)c1. The first-order chi connectivity index (χ1) is 17.5. The maximum atomic E-state index is 12.9. The van der Waals surface area contributed by atoms with Crippen LogP contribution in [0.2, 0.25) is 0 Å². The highest BCUT2D eigenvalue weighted by atomic mass is 16.6. The van der Waals surface area contributed by atoms with Gasteiger partial charge in [0.05, 0.1) is 12.7 Å². The van der Waals surface area contributed by atoms with Crippen LogP contribution in [0.4, 0.5) is 10.5 Å². The van der Waals surface area contributed by atoms with Crippen LogP contribution in [0.5, 0.6) is 0 Å². The van der Waals surface area contributed by atoms with Crippen LogP contribution >= 0.6 is 0 Å². The van der Waals surface area contributed by atoms with Gasteiger partial charge in [0, 0.05) is 37.8 Å². The van der Waals surface area contributed by atoms with Gasteiger partial charge in [0.15, 0.2) is 0 Å². The number of methoxy groups -OCH3 is 1. The van der Waals surface area contributed by atoms with Crippen molar-refractivity contribution in [3.63, 3.8) is 0 Å². The van der Waals surface area contributed by atoms with E-state index in [2.05, 4.69) is 24.3 Å². The Hall–Kier alpha value is -3.82. The van der Waals surface area contributed by atoms with Gasteiger partial charge in [0.25, 0.3) is 0 Å². The second-order valence-electron chi connectivity index (χ2n) is 8.96. The van der Waals surface area contributed by atoms with Gasteiger partial charge in [0.1, 0.15) is 6.61 Å². The second-order valence-corrected chi connectivity index (χ2v) is 8.96. The van der Waals surface area contributed by atoms with Crippen LogP contribution in [0.1, 0.15) is 27.4 Å². The van der Waals surface area contributed by atoms with Gasteiger partial charge in [-0.3, -0.25) is 0 Å². The zero-order valence-electron chi connectivity index (χ0n) is 20.0. The van der Waals surface area contributed by atoms with Gasteiger partial charge in [-0.05, 0) is 45.9 Å². The first-order valence-electron chi connectivity index (χ1n) is 11.9. The van der Waals surface area contributed by atoms with Crippen molar-refractivity contribution in [2.45, 2.75) is 5.92 Å². The van der Waals surface area contributed by atoms with Gasteiger partial charge in [-0.25, -0.2) is 9.59 Å². The third kappa shape index (κ3) is 4.55. The van der Waals surface area contributed by atoms with E-state index in [0.29, 0.717) is 31.9 Å². The summed E-state index contributed by atoms with van der Waals surface area (Å²) in [6.07, 6.45) is -0.355. The molecule has 0 saturated carbocycles. The van der Waals surface area contributed by atoms with E-state index in [1.807, 2.05) is 29.2 Å².